The molecule has 50 valence electrons. The van der Waals surface area contributed by atoms with Crippen molar-refractivity contribution in [3.8, 4) is 5.75 Å². The van der Waals surface area contributed by atoms with Crippen molar-refractivity contribution in [2.24, 2.45) is 10.4 Å². The SMILES string of the molecule is C1=Cc2[nH]ncc2ON=N1.[H+]. The summed E-state index contributed by atoms with van der Waals surface area (Å²) in [7, 11) is 0. The van der Waals surface area contributed by atoms with E-state index in [0.29, 0.717) is 5.75 Å². The molecule has 10 heavy (non-hydrogen) atoms. The van der Waals surface area contributed by atoms with E-state index in [4.69, 9.17) is 4.84 Å². The zero-order valence-corrected chi connectivity index (χ0v) is 4.98. The predicted molar refractivity (Wildman–Crippen MR) is 34.2 cm³/mol. The molecule has 0 fully saturated rings. The largest absolute Gasteiger partial charge is 1.00 e. The molecule has 0 bridgehead atoms. The Labute approximate surface area is 57.9 Å². The van der Waals surface area contributed by atoms with E-state index < -0.39 is 0 Å². The minimum atomic E-state index is 0. The standard InChI is InChI=1S/C5H4N4O/c1-2-6-9-10-5-3-7-8-4(1)5/h1-3H,(H,7,8)/p+1. The van der Waals surface area contributed by atoms with Gasteiger partial charge in [0, 0.05) is 5.28 Å². The van der Waals surface area contributed by atoms with Crippen LogP contribution in [0.3, 0.4) is 0 Å². The Morgan fingerprint density at radius 2 is 2.60 bits per heavy atom. The first-order chi connectivity index (χ1) is 4.97. The van der Waals surface area contributed by atoms with Crippen molar-refractivity contribution >= 4 is 6.08 Å². The summed E-state index contributed by atoms with van der Waals surface area (Å²) in [5, 5.41) is 13.4. The first-order valence-corrected chi connectivity index (χ1v) is 2.74. The summed E-state index contributed by atoms with van der Waals surface area (Å²) in [6.07, 6.45) is 4.81. The molecule has 1 N–H and O–H groups in total. The molecule has 0 aromatic carbocycles. The van der Waals surface area contributed by atoms with Crippen LogP contribution in [0.4, 0.5) is 0 Å². The van der Waals surface area contributed by atoms with Crippen molar-refractivity contribution in [1.82, 2.24) is 10.2 Å². The van der Waals surface area contributed by atoms with E-state index in [-0.39, 0.29) is 1.43 Å². The first-order valence-electron chi connectivity index (χ1n) is 2.74. The zero-order chi connectivity index (χ0) is 6.81. The molecular weight excluding hydrogens is 132 g/mol. The van der Waals surface area contributed by atoms with Gasteiger partial charge in [-0.3, -0.25) is 5.10 Å². The maximum atomic E-state index is 4.79. The van der Waals surface area contributed by atoms with Gasteiger partial charge in [0.05, 0.1) is 12.4 Å². The average Bonchev–Trinajstić information content (AvgIpc) is 2.28. The third-order valence-electron chi connectivity index (χ3n) is 1.13. The van der Waals surface area contributed by atoms with E-state index in [2.05, 4.69) is 20.6 Å². The quantitative estimate of drug-likeness (QED) is 0.584. The van der Waals surface area contributed by atoms with Crippen molar-refractivity contribution in [1.29, 1.82) is 0 Å². The van der Waals surface area contributed by atoms with Gasteiger partial charge in [0.25, 0.3) is 0 Å². The monoisotopic (exact) mass is 137 g/mol. The molecule has 0 spiro atoms. The minimum absolute atomic E-state index is 0. The normalized spacial score (nSPS) is 14.0. The Kier molecular flexibility index (Phi) is 1.00. The van der Waals surface area contributed by atoms with Crippen LogP contribution in [-0.4, -0.2) is 10.2 Å². The number of nitrogens with one attached hydrogen (secondary N) is 1. The van der Waals surface area contributed by atoms with Gasteiger partial charge < -0.3 is 4.84 Å². The number of hydrogen-bond acceptors (Lipinski definition) is 4. The molecule has 0 aliphatic carbocycles. The lowest BCUT2D eigenvalue weighted by Crippen LogP contribution is -1.78. The van der Waals surface area contributed by atoms with Crippen LogP contribution in [0, 0.1) is 0 Å². The fourth-order valence-electron chi connectivity index (χ4n) is 0.680. The lowest BCUT2D eigenvalue weighted by Gasteiger charge is -1.87. The fourth-order valence-corrected chi connectivity index (χ4v) is 0.680. The van der Waals surface area contributed by atoms with Crippen molar-refractivity contribution in [2.75, 3.05) is 0 Å². The van der Waals surface area contributed by atoms with Crippen molar-refractivity contribution in [3.63, 3.8) is 0 Å². The third-order valence-corrected chi connectivity index (χ3v) is 1.13. The summed E-state index contributed by atoms with van der Waals surface area (Å²) < 4.78 is 0. The molecule has 5 nitrogen and oxygen atoms in total. The highest BCUT2D eigenvalue weighted by Crippen LogP contribution is 2.18. The van der Waals surface area contributed by atoms with Crippen LogP contribution >= 0.6 is 0 Å². The van der Waals surface area contributed by atoms with Gasteiger partial charge in [-0.05, 0) is 6.08 Å². The topological polar surface area (TPSA) is 62.6 Å². The Morgan fingerprint density at radius 3 is 3.60 bits per heavy atom. The van der Waals surface area contributed by atoms with Gasteiger partial charge in [-0.2, -0.15) is 5.10 Å². The van der Waals surface area contributed by atoms with Gasteiger partial charge in [0.1, 0.15) is 5.69 Å². The van der Waals surface area contributed by atoms with Gasteiger partial charge in [-0.25, -0.2) is 0 Å². The highest BCUT2D eigenvalue weighted by atomic mass is 16.6. The maximum Gasteiger partial charge on any atom is 1.00 e. The molecule has 1 aromatic rings. The van der Waals surface area contributed by atoms with Crippen LogP contribution < -0.4 is 4.84 Å². The average molecular weight is 137 g/mol. The van der Waals surface area contributed by atoms with Crippen molar-refractivity contribution < 1.29 is 6.26 Å². The molecular formula is C5H5N4O+. The Balaban J connectivity index is 0.000000605. The van der Waals surface area contributed by atoms with E-state index in [1.807, 2.05) is 0 Å². The maximum absolute atomic E-state index is 4.79. The van der Waals surface area contributed by atoms with Crippen LogP contribution in [0.2, 0.25) is 0 Å². The lowest BCUT2D eigenvalue weighted by atomic mass is 10.4. The van der Waals surface area contributed by atoms with E-state index in [0.717, 1.165) is 5.69 Å². The second-order valence-corrected chi connectivity index (χ2v) is 1.75. The molecule has 0 amide bonds. The van der Waals surface area contributed by atoms with Crippen LogP contribution in [-0.2, 0) is 0 Å². The van der Waals surface area contributed by atoms with Crippen molar-refractivity contribution in [3.05, 3.63) is 18.1 Å². The molecule has 0 atom stereocenters. The summed E-state index contributed by atoms with van der Waals surface area (Å²) >= 11 is 0. The molecule has 1 aliphatic rings. The Hall–Kier alpha value is -1.65. The molecule has 0 radical (unpaired) electrons. The number of nitrogens with zero attached hydrogens (tertiary/aromatic N) is 3. The fraction of sp³-hybridized carbons (Fsp3) is 0. The number of aromatic nitrogens is 2. The second-order valence-electron chi connectivity index (χ2n) is 1.75. The number of rotatable bonds is 0. The summed E-state index contributed by atoms with van der Waals surface area (Å²) in [4.78, 5) is 4.79. The highest BCUT2D eigenvalue weighted by molar-refractivity contribution is 5.51. The van der Waals surface area contributed by atoms with E-state index >= 15 is 0 Å². The van der Waals surface area contributed by atoms with Crippen LogP contribution in [0.25, 0.3) is 6.08 Å². The Morgan fingerprint density at radius 1 is 1.60 bits per heavy atom. The third kappa shape index (κ3) is 0.680. The molecule has 0 unspecified atom stereocenters. The molecule has 2 heterocycles. The first kappa shape index (κ1) is 5.16. The van der Waals surface area contributed by atoms with Crippen LogP contribution in [0.1, 0.15) is 7.12 Å². The van der Waals surface area contributed by atoms with Gasteiger partial charge in [0.15, 0.2) is 0 Å². The lowest BCUT2D eigenvalue weighted by molar-refractivity contribution is 0.313. The summed E-state index contributed by atoms with van der Waals surface area (Å²) in [5.41, 5.74) is 0.782. The summed E-state index contributed by atoms with van der Waals surface area (Å²) in [6, 6.07) is 0. The smallest absolute Gasteiger partial charge is 0.335 e. The van der Waals surface area contributed by atoms with Crippen LogP contribution in [0.5, 0.6) is 5.75 Å². The molecule has 0 saturated carbocycles. The molecule has 2 rings (SSSR count). The van der Waals surface area contributed by atoms with Crippen molar-refractivity contribution in [2.45, 2.75) is 0 Å². The minimum Gasteiger partial charge on any atom is -0.335 e. The van der Waals surface area contributed by atoms with Crippen LogP contribution in [0.15, 0.2) is 22.8 Å². The molecule has 5 heteroatoms. The summed E-state index contributed by atoms with van der Waals surface area (Å²) in [5.74, 6) is 0.595. The van der Waals surface area contributed by atoms with Gasteiger partial charge >= 0.3 is 1.43 Å². The van der Waals surface area contributed by atoms with E-state index in [1.165, 1.54) is 6.20 Å². The number of aromatic amines is 1. The predicted octanol–water partition coefficient (Wildman–Crippen LogP) is 1.25. The van der Waals surface area contributed by atoms with Gasteiger partial charge in [-0.1, -0.05) is 0 Å². The summed E-state index contributed by atoms with van der Waals surface area (Å²) in [6.45, 7) is 0. The Bertz CT molecular complexity index is 292. The van der Waals surface area contributed by atoms with E-state index in [9.17, 15) is 0 Å². The van der Waals surface area contributed by atoms with Gasteiger partial charge in [-0.15, -0.1) is 5.11 Å². The number of H-pyrrole nitrogens is 1. The number of hydrogen-bond donors (Lipinski definition) is 1. The zero-order valence-electron chi connectivity index (χ0n) is 5.98. The second kappa shape index (κ2) is 1.94. The molecule has 0 saturated heterocycles. The molecule has 1 aromatic heterocycles. The molecule has 1 aliphatic heterocycles. The number of fused-ring (bicyclic) bond motifs is 1. The van der Waals surface area contributed by atoms with E-state index in [1.54, 1.807) is 12.3 Å². The van der Waals surface area contributed by atoms with Gasteiger partial charge in [0.2, 0.25) is 5.75 Å². The highest BCUT2D eigenvalue weighted by Gasteiger charge is 2.03.